The zero-order valence-electron chi connectivity index (χ0n) is 10.2. The Hall–Kier alpha value is -0.550. The second kappa shape index (κ2) is 4.28. The lowest BCUT2D eigenvalue weighted by atomic mass is 9.97. The zero-order chi connectivity index (χ0) is 11.9. The monoisotopic (exact) mass is 253 g/mol. The van der Waals surface area contributed by atoms with Crippen LogP contribution >= 0.6 is 11.8 Å². The Morgan fingerprint density at radius 2 is 2.18 bits per heavy atom. The molecule has 0 radical (unpaired) electrons. The number of nitrogens with two attached hydrogens (primary N) is 1. The third kappa shape index (κ3) is 2.22. The summed E-state index contributed by atoms with van der Waals surface area (Å²) in [5.41, 5.74) is 5.86. The summed E-state index contributed by atoms with van der Waals surface area (Å²) in [6.45, 7) is 2.01. The molecule has 1 saturated heterocycles. The predicted molar refractivity (Wildman–Crippen MR) is 67.6 cm³/mol. The molecular weight excluding hydrogens is 234 g/mol. The smallest absolute Gasteiger partial charge is 0.246 e. The van der Waals surface area contributed by atoms with Gasteiger partial charge in [0.15, 0.2) is 5.82 Å². The van der Waals surface area contributed by atoms with E-state index in [2.05, 4.69) is 10.1 Å². The van der Waals surface area contributed by atoms with E-state index in [0.717, 1.165) is 12.2 Å². The molecule has 1 saturated carbocycles. The van der Waals surface area contributed by atoms with Gasteiger partial charge in [0.2, 0.25) is 5.89 Å². The van der Waals surface area contributed by atoms with Gasteiger partial charge in [-0.1, -0.05) is 11.6 Å². The van der Waals surface area contributed by atoms with Gasteiger partial charge < -0.3 is 10.3 Å². The Kier molecular flexibility index (Phi) is 2.91. The summed E-state index contributed by atoms with van der Waals surface area (Å²) in [6.07, 6.45) is 6.10. The Balaban J connectivity index is 1.77. The number of nitrogens with zero attached hydrogens (tertiary/aromatic N) is 2. The molecule has 4 nitrogen and oxygen atoms in total. The van der Waals surface area contributed by atoms with E-state index in [1.54, 1.807) is 0 Å². The van der Waals surface area contributed by atoms with Crippen molar-refractivity contribution in [1.29, 1.82) is 0 Å². The van der Waals surface area contributed by atoms with Crippen molar-refractivity contribution in [3.05, 3.63) is 11.7 Å². The first kappa shape index (κ1) is 11.5. The molecule has 0 bridgehead atoms. The fourth-order valence-corrected chi connectivity index (χ4v) is 3.62. The molecule has 17 heavy (non-hydrogen) atoms. The normalized spacial score (nSPS) is 28.9. The van der Waals surface area contributed by atoms with Crippen molar-refractivity contribution in [1.82, 2.24) is 10.1 Å². The number of hydrogen-bond donors (Lipinski definition) is 1. The second-order valence-corrected chi connectivity index (χ2v) is 6.68. The van der Waals surface area contributed by atoms with Gasteiger partial charge in [-0.2, -0.15) is 16.7 Å². The first-order valence-electron chi connectivity index (χ1n) is 6.42. The lowest BCUT2D eigenvalue weighted by Crippen LogP contribution is -2.35. The predicted octanol–water partition coefficient (Wildman–Crippen LogP) is 2.61. The number of thioether (sulfide) groups is 1. The number of hydrogen-bond acceptors (Lipinski definition) is 5. The summed E-state index contributed by atoms with van der Waals surface area (Å²) >= 11 is 1.94. The van der Waals surface area contributed by atoms with Crippen molar-refractivity contribution in [3.8, 4) is 0 Å². The van der Waals surface area contributed by atoms with Crippen molar-refractivity contribution < 1.29 is 4.52 Å². The molecule has 5 heteroatoms. The maximum atomic E-state index is 6.28. The molecule has 0 aromatic carbocycles. The minimum absolute atomic E-state index is 0.413. The van der Waals surface area contributed by atoms with Gasteiger partial charge in [-0.25, -0.2) is 0 Å². The maximum absolute atomic E-state index is 6.28. The highest BCUT2D eigenvalue weighted by atomic mass is 32.2. The summed E-state index contributed by atoms with van der Waals surface area (Å²) < 4.78 is 5.38. The number of aromatic nitrogens is 2. The van der Waals surface area contributed by atoms with Gasteiger partial charge in [0.1, 0.15) is 0 Å². The molecular formula is C12H19N3OS. The van der Waals surface area contributed by atoms with Crippen molar-refractivity contribution in [3.63, 3.8) is 0 Å². The van der Waals surface area contributed by atoms with Crippen LogP contribution in [0.25, 0.3) is 0 Å². The molecule has 1 aliphatic carbocycles. The average molecular weight is 253 g/mol. The van der Waals surface area contributed by atoms with Crippen molar-refractivity contribution in [2.75, 3.05) is 5.75 Å². The molecule has 1 aliphatic heterocycles. The van der Waals surface area contributed by atoms with E-state index in [9.17, 15) is 0 Å². The molecule has 2 unspecified atom stereocenters. The van der Waals surface area contributed by atoms with Crippen molar-refractivity contribution in [2.45, 2.75) is 49.8 Å². The molecule has 2 N–H and O–H groups in total. The molecule has 0 spiro atoms. The van der Waals surface area contributed by atoms with Gasteiger partial charge >= 0.3 is 0 Å². The van der Waals surface area contributed by atoms with E-state index < -0.39 is 5.54 Å². The molecule has 94 valence electrons. The number of rotatable bonds is 3. The lowest BCUT2D eigenvalue weighted by molar-refractivity contribution is 0.272. The Morgan fingerprint density at radius 3 is 2.82 bits per heavy atom. The van der Waals surface area contributed by atoms with Gasteiger partial charge in [-0.15, -0.1) is 0 Å². The summed E-state index contributed by atoms with van der Waals surface area (Å²) in [6, 6.07) is 0. The van der Waals surface area contributed by atoms with E-state index in [1.165, 1.54) is 31.4 Å². The Bertz CT molecular complexity index is 394. The van der Waals surface area contributed by atoms with Gasteiger partial charge in [0.05, 0.1) is 10.8 Å². The van der Waals surface area contributed by atoms with Gasteiger partial charge in [-0.05, 0) is 44.3 Å². The highest BCUT2D eigenvalue weighted by Crippen LogP contribution is 2.44. The highest BCUT2D eigenvalue weighted by molar-refractivity contribution is 7.99. The molecule has 2 heterocycles. The average Bonchev–Trinajstić information content (AvgIpc) is 3.08. The van der Waals surface area contributed by atoms with Crippen LogP contribution in [0.15, 0.2) is 4.52 Å². The topological polar surface area (TPSA) is 64.9 Å². The summed E-state index contributed by atoms with van der Waals surface area (Å²) in [5.74, 6) is 3.20. The minimum atomic E-state index is -0.426. The third-order valence-corrected chi connectivity index (χ3v) is 5.17. The van der Waals surface area contributed by atoms with Crippen LogP contribution in [-0.2, 0) is 5.54 Å². The van der Waals surface area contributed by atoms with Crippen LogP contribution in [0.3, 0.4) is 0 Å². The minimum Gasteiger partial charge on any atom is -0.337 e. The summed E-state index contributed by atoms with van der Waals surface area (Å²) in [4.78, 5) is 4.54. The largest absolute Gasteiger partial charge is 0.337 e. The van der Waals surface area contributed by atoms with E-state index in [1.807, 2.05) is 18.7 Å². The van der Waals surface area contributed by atoms with Crippen molar-refractivity contribution in [2.24, 2.45) is 11.7 Å². The molecule has 3 rings (SSSR count). The first-order chi connectivity index (χ1) is 8.18. The van der Waals surface area contributed by atoms with Crippen LogP contribution in [0.5, 0.6) is 0 Å². The quantitative estimate of drug-likeness (QED) is 0.897. The van der Waals surface area contributed by atoms with Gasteiger partial charge in [0.25, 0.3) is 0 Å². The lowest BCUT2D eigenvalue weighted by Gasteiger charge is -2.19. The maximum Gasteiger partial charge on any atom is 0.246 e. The SMILES string of the molecule is CC(N)(c1nc(C2CCCCS2)no1)C1CC1. The standard InChI is InChI=1S/C12H19N3OS/c1-12(13,8-5-6-8)11-14-10(15-16-11)9-4-2-3-7-17-9/h8-9H,2-7,13H2,1H3. The van der Waals surface area contributed by atoms with Crippen LogP contribution in [0.1, 0.15) is 56.0 Å². The van der Waals surface area contributed by atoms with Crippen molar-refractivity contribution >= 4 is 11.8 Å². The Morgan fingerprint density at radius 1 is 1.35 bits per heavy atom. The van der Waals surface area contributed by atoms with Crippen LogP contribution < -0.4 is 5.73 Å². The molecule has 1 aromatic heterocycles. The molecule has 2 aliphatic rings. The van der Waals surface area contributed by atoms with E-state index >= 15 is 0 Å². The van der Waals surface area contributed by atoms with E-state index in [4.69, 9.17) is 10.3 Å². The highest BCUT2D eigenvalue weighted by Gasteiger charge is 2.44. The third-order valence-electron chi connectivity index (χ3n) is 3.80. The first-order valence-corrected chi connectivity index (χ1v) is 7.47. The van der Waals surface area contributed by atoms with Crippen LogP contribution in [0.2, 0.25) is 0 Å². The fourth-order valence-electron chi connectivity index (χ4n) is 2.39. The summed E-state index contributed by atoms with van der Waals surface area (Å²) in [5, 5.41) is 4.54. The van der Waals surface area contributed by atoms with Gasteiger partial charge in [0, 0.05) is 0 Å². The summed E-state index contributed by atoms with van der Waals surface area (Å²) in [7, 11) is 0. The van der Waals surface area contributed by atoms with E-state index in [-0.39, 0.29) is 0 Å². The molecule has 2 atom stereocenters. The molecule has 2 fully saturated rings. The van der Waals surface area contributed by atoms with Crippen LogP contribution in [0.4, 0.5) is 0 Å². The Labute approximate surface area is 106 Å². The van der Waals surface area contributed by atoms with Crippen LogP contribution in [-0.4, -0.2) is 15.9 Å². The van der Waals surface area contributed by atoms with Gasteiger partial charge in [-0.3, -0.25) is 0 Å². The zero-order valence-corrected chi connectivity index (χ0v) is 11.0. The second-order valence-electron chi connectivity index (χ2n) is 5.37. The fraction of sp³-hybridized carbons (Fsp3) is 0.833. The molecule has 1 aromatic rings. The van der Waals surface area contributed by atoms with E-state index in [0.29, 0.717) is 17.1 Å². The van der Waals surface area contributed by atoms with Crippen LogP contribution in [0, 0.1) is 5.92 Å². The molecule has 0 amide bonds.